The van der Waals surface area contributed by atoms with Crippen molar-refractivity contribution in [1.29, 1.82) is 0 Å². The number of carbonyl (C=O) groups is 1. The van der Waals surface area contributed by atoms with Gasteiger partial charge in [0.2, 0.25) is 0 Å². The van der Waals surface area contributed by atoms with Crippen LogP contribution in [0.1, 0.15) is 16.7 Å². The summed E-state index contributed by atoms with van der Waals surface area (Å²) >= 11 is 2.02. The summed E-state index contributed by atoms with van der Waals surface area (Å²) in [6, 6.07) is 14.2. The van der Waals surface area contributed by atoms with Gasteiger partial charge in [-0.15, -0.1) is 0 Å². The van der Waals surface area contributed by atoms with E-state index in [2.05, 4.69) is 28.4 Å². The molecule has 0 aliphatic carbocycles. The zero-order valence-corrected chi connectivity index (χ0v) is 15.8. The lowest BCUT2D eigenvalue weighted by Gasteiger charge is -2.26. The molecule has 0 radical (unpaired) electrons. The summed E-state index contributed by atoms with van der Waals surface area (Å²) in [4.78, 5) is 15.2. The molecule has 2 heterocycles. The third-order valence-corrected chi connectivity index (χ3v) is 5.95. The molecule has 4 nitrogen and oxygen atoms in total. The van der Waals surface area contributed by atoms with Crippen LogP contribution in [0, 0.1) is 6.92 Å². The number of benzene rings is 2. The van der Waals surface area contributed by atoms with Crippen molar-refractivity contribution in [3.63, 3.8) is 0 Å². The average molecular weight is 369 g/mol. The van der Waals surface area contributed by atoms with E-state index in [1.54, 1.807) is 0 Å². The summed E-state index contributed by atoms with van der Waals surface area (Å²) in [5.74, 6) is 3.15. The number of amides is 1. The second-order valence-electron chi connectivity index (χ2n) is 6.95. The number of para-hydroxylation sites is 1. The van der Waals surface area contributed by atoms with Crippen LogP contribution in [0.2, 0.25) is 0 Å². The number of hydrogen-bond acceptors (Lipinski definition) is 4. The van der Waals surface area contributed by atoms with Crippen molar-refractivity contribution < 1.29 is 9.53 Å². The van der Waals surface area contributed by atoms with E-state index in [1.807, 2.05) is 43.0 Å². The number of thioether (sulfide) groups is 1. The fraction of sp³-hybridized carbons (Fsp3) is 0.381. The van der Waals surface area contributed by atoms with Crippen molar-refractivity contribution in [2.24, 2.45) is 0 Å². The molecule has 0 spiro atoms. The van der Waals surface area contributed by atoms with Crippen molar-refractivity contribution in [3.05, 3.63) is 59.2 Å². The normalized spacial score (nSPS) is 19.7. The van der Waals surface area contributed by atoms with Gasteiger partial charge in [0.15, 0.2) is 6.10 Å². The molecule has 1 saturated heterocycles. The Morgan fingerprint density at radius 3 is 2.85 bits per heavy atom. The Morgan fingerprint density at radius 2 is 2.04 bits per heavy atom. The molecular weight excluding hydrogens is 344 g/mol. The SMILES string of the molecule is Cc1ccc(CN2CCSCC2)cc1NC(=O)C1Cc2ccccc2O1. The zero-order valence-electron chi connectivity index (χ0n) is 15.0. The van der Waals surface area contributed by atoms with E-state index in [0.717, 1.165) is 42.2 Å². The first-order chi connectivity index (χ1) is 12.7. The number of fused-ring (bicyclic) bond motifs is 1. The topological polar surface area (TPSA) is 41.6 Å². The first kappa shape index (κ1) is 17.4. The highest BCUT2D eigenvalue weighted by Crippen LogP contribution is 2.29. The Labute approximate surface area is 158 Å². The maximum absolute atomic E-state index is 12.7. The second kappa shape index (κ2) is 7.72. The van der Waals surface area contributed by atoms with Crippen molar-refractivity contribution in [3.8, 4) is 5.75 Å². The fourth-order valence-electron chi connectivity index (χ4n) is 3.46. The van der Waals surface area contributed by atoms with Crippen molar-refractivity contribution in [2.45, 2.75) is 26.0 Å². The number of carbonyl (C=O) groups excluding carboxylic acids is 1. The fourth-order valence-corrected chi connectivity index (χ4v) is 4.44. The molecular formula is C21H24N2O2S. The lowest BCUT2D eigenvalue weighted by atomic mass is 10.1. The smallest absolute Gasteiger partial charge is 0.265 e. The maximum Gasteiger partial charge on any atom is 0.265 e. The highest BCUT2D eigenvalue weighted by Gasteiger charge is 2.29. The quantitative estimate of drug-likeness (QED) is 0.897. The van der Waals surface area contributed by atoms with Gasteiger partial charge in [0.1, 0.15) is 5.75 Å². The third kappa shape index (κ3) is 3.89. The lowest BCUT2D eigenvalue weighted by molar-refractivity contribution is -0.122. The minimum absolute atomic E-state index is 0.0733. The van der Waals surface area contributed by atoms with Crippen LogP contribution in [-0.4, -0.2) is 41.5 Å². The monoisotopic (exact) mass is 368 g/mol. The summed E-state index contributed by atoms with van der Waals surface area (Å²) in [6.45, 7) is 5.24. The van der Waals surface area contributed by atoms with Gasteiger partial charge in [0.05, 0.1) is 0 Å². The van der Waals surface area contributed by atoms with Crippen LogP contribution in [0.4, 0.5) is 5.69 Å². The van der Waals surface area contributed by atoms with Gasteiger partial charge >= 0.3 is 0 Å². The Bertz CT molecular complexity index is 777. The zero-order chi connectivity index (χ0) is 17.9. The summed E-state index contributed by atoms with van der Waals surface area (Å²) in [5, 5.41) is 3.08. The van der Waals surface area contributed by atoms with Gasteiger partial charge < -0.3 is 10.1 Å². The van der Waals surface area contributed by atoms with Gasteiger partial charge in [-0.2, -0.15) is 11.8 Å². The number of rotatable bonds is 4. The van der Waals surface area contributed by atoms with Crippen LogP contribution in [0.25, 0.3) is 0 Å². The first-order valence-corrected chi connectivity index (χ1v) is 10.3. The summed E-state index contributed by atoms with van der Waals surface area (Å²) in [5.41, 5.74) is 4.31. The van der Waals surface area contributed by atoms with Crippen LogP contribution in [0.5, 0.6) is 5.75 Å². The molecule has 2 aliphatic rings. The molecule has 1 amide bonds. The van der Waals surface area contributed by atoms with Crippen LogP contribution in [0.3, 0.4) is 0 Å². The molecule has 4 rings (SSSR count). The first-order valence-electron chi connectivity index (χ1n) is 9.14. The molecule has 0 aromatic heterocycles. The highest BCUT2D eigenvalue weighted by molar-refractivity contribution is 7.99. The second-order valence-corrected chi connectivity index (χ2v) is 8.17. The van der Waals surface area contributed by atoms with Crippen molar-refractivity contribution >= 4 is 23.4 Å². The molecule has 0 saturated carbocycles. The van der Waals surface area contributed by atoms with Gasteiger partial charge in [0.25, 0.3) is 5.91 Å². The molecule has 5 heteroatoms. The summed E-state index contributed by atoms with van der Waals surface area (Å²) < 4.78 is 5.81. The number of nitrogens with one attached hydrogen (secondary N) is 1. The maximum atomic E-state index is 12.7. The molecule has 1 unspecified atom stereocenters. The van der Waals surface area contributed by atoms with E-state index < -0.39 is 6.10 Å². The van der Waals surface area contributed by atoms with Gasteiger partial charge in [-0.25, -0.2) is 0 Å². The van der Waals surface area contributed by atoms with Gasteiger partial charge in [-0.1, -0.05) is 30.3 Å². The van der Waals surface area contributed by atoms with E-state index >= 15 is 0 Å². The van der Waals surface area contributed by atoms with E-state index in [-0.39, 0.29) is 5.91 Å². The van der Waals surface area contributed by atoms with E-state index in [0.29, 0.717) is 6.42 Å². The molecule has 2 aliphatic heterocycles. The van der Waals surface area contributed by atoms with Gasteiger partial charge in [-0.3, -0.25) is 9.69 Å². The Morgan fingerprint density at radius 1 is 1.23 bits per heavy atom. The van der Waals surface area contributed by atoms with Crippen molar-refractivity contribution in [1.82, 2.24) is 4.90 Å². The summed E-state index contributed by atoms with van der Waals surface area (Å²) in [7, 11) is 0. The van der Waals surface area contributed by atoms with E-state index in [4.69, 9.17) is 4.74 Å². The molecule has 26 heavy (non-hydrogen) atoms. The average Bonchev–Trinajstić information content (AvgIpc) is 3.10. The molecule has 2 aromatic rings. The minimum atomic E-state index is -0.449. The number of anilines is 1. The molecule has 0 bridgehead atoms. The van der Waals surface area contributed by atoms with Crippen LogP contribution in [0.15, 0.2) is 42.5 Å². The van der Waals surface area contributed by atoms with E-state index in [1.165, 1.54) is 17.1 Å². The predicted molar refractivity (Wildman–Crippen MR) is 107 cm³/mol. The third-order valence-electron chi connectivity index (χ3n) is 5.01. The largest absolute Gasteiger partial charge is 0.480 e. The number of aryl methyl sites for hydroxylation is 1. The Hall–Kier alpha value is -1.98. The number of nitrogens with zero attached hydrogens (tertiary/aromatic N) is 1. The molecule has 1 atom stereocenters. The molecule has 1 N–H and O–H groups in total. The Kier molecular flexibility index (Phi) is 5.18. The number of ether oxygens (including phenoxy) is 1. The molecule has 2 aromatic carbocycles. The standard InChI is InChI=1S/C21H24N2O2S/c1-15-6-7-16(14-23-8-10-26-11-9-23)12-18(15)22-21(24)20-13-17-4-2-3-5-19(17)25-20/h2-7,12,20H,8-11,13-14H2,1H3,(H,22,24). The van der Waals surface area contributed by atoms with Gasteiger partial charge in [-0.05, 0) is 35.7 Å². The van der Waals surface area contributed by atoms with Crippen LogP contribution in [-0.2, 0) is 17.8 Å². The van der Waals surface area contributed by atoms with Crippen LogP contribution < -0.4 is 10.1 Å². The van der Waals surface area contributed by atoms with E-state index in [9.17, 15) is 4.79 Å². The Balaban J connectivity index is 1.42. The molecule has 1 fully saturated rings. The van der Waals surface area contributed by atoms with Gasteiger partial charge in [0, 0.05) is 43.2 Å². The predicted octanol–water partition coefficient (Wildman–Crippen LogP) is 3.49. The highest BCUT2D eigenvalue weighted by atomic mass is 32.2. The summed E-state index contributed by atoms with van der Waals surface area (Å²) in [6.07, 6.45) is 0.182. The number of hydrogen-bond donors (Lipinski definition) is 1. The molecule has 136 valence electrons. The minimum Gasteiger partial charge on any atom is -0.480 e. The van der Waals surface area contributed by atoms with Crippen molar-refractivity contribution in [2.75, 3.05) is 29.9 Å². The lowest BCUT2D eigenvalue weighted by Crippen LogP contribution is -2.32. The van der Waals surface area contributed by atoms with Crippen LogP contribution >= 0.6 is 11.8 Å².